The molecule has 1 saturated heterocycles. The van der Waals surface area contributed by atoms with Crippen LogP contribution in [0.15, 0.2) is 12.1 Å². The number of hydrogen-bond donors (Lipinski definition) is 1. The third-order valence-corrected chi connectivity index (χ3v) is 3.96. The van der Waals surface area contributed by atoms with Gasteiger partial charge in [-0.1, -0.05) is 0 Å². The SMILES string of the molecule is CC(=O)c1ccc(OCC2CCCN(C)C2)c(C)c1O. The molecule has 0 radical (unpaired) electrons. The van der Waals surface area contributed by atoms with Crippen molar-refractivity contribution >= 4 is 5.78 Å². The highest BCUT2D eigenvalue weighted by molar-refractivity contribution is 5.97. The molecule has 20 heavy (non-hydrogen) atoms. The monoisotopic (exact) mass is 277 g/mol. The maximum atomic E-state index is 11.4. The molecule has 0 bridgehead atoms. The van der Waals surface area contributed by atoms with Crippen LogP contribution in [0.25, 0.3) is 0 Å². The van der Waals surface area contributed by atoms with Crippen LogP contribution in [0.3, 0.4) is 0 Å². The zero-order valence-corrected chi connectivity index (χ0v) is 12.5. The molecular formula is C16H23NO3. The lowest BCUT2D eigenvalue weighted by molar-refractivity contribution is 0.101. The van der Waals surface area contributed by atoms with Crippen molar-refractivity contribution in [2.24, 2.45) is 5.92 Å². The second kappa shape index (κ2) is 6.27. The van der Waals surface area contributed by atoms with Gasteiger partial charge in [0.1, 0.15) is 11.5 Å². The van der Waals surface area contributed by atoms with Crippen LogP contribution < -0.4 is 4.74 Å². The Morgan fingerprint density at radius 3 is 2.90 bits per heavy atom. The third kappa shape index (κ3) is 3.31. The van der Waals surface area contributed by atoms with E-state index in [-0.39, 0.29) is 11.5 Å². The van der Waals surface area contributed by atoms with Crippen LogP contribution in [0.4, 0.5) is 0 Å². The molecule has 1 aliphatic heterocycles. The summed E-state index contributed by atoms with van der Waals surface area (Å²) in [7, 11) is 2.13. The van der Waals surface area contributed by atoms with E-state index in [0.29, 0.717) is 29.4 Å². The summed E-state index contributed by atoms with van der Waals surface area (Å²) in [5.41, 5.74) is 0.995. The summed E-state index contributed by atoms with van der Waals surface area (Å²) in [6.45, 7) is 6.10. The van der Waals surface area contributed by atoms with Gasteiger partial charge in [0.15, 0.2) is 5.78 Å². The van der Waals surface area contributed by atoms with Crippen molar-refractivity contribution in [3.63, 3.8) is 0 Å². The summed E-state index contributed by atoms with van der Waals surface area (Å²) in [6, 6.07) is 3.41. The summed E-state index contributed by atoms with van der Waals surface area (Å²) in [4.78, 5) is 13.7. The van der Waals surface area contributed by atoms with Crippen LogP contribution in [0.2, 0.25) is 0 Å². The maximum Gasteiger partial charge on any atom is 0.163 e. The molecule has 0 saturated carbocycles. The van der Waals surface area contributed by atoms with Crippen molar-refractivity contribution in [1.82, 2.24) is 4.90 Å². The fraction of sp³-hybridized carbons (Fsp3) is 0.562. The minimum absolute atomic E-state index is 0.0377. The molecule has 2 rings (SSSR count). The first kappa shape index (κ1) is 14.9. The number of carbonyl (C=O) groups is 1. The van der Waals surface area contributed by atoms with Gasteiger partial charge >= 0.3 is 0 Å². The summed E-state index contributed by atoms with van der Waals surface area (Å²) >= 11 is 0. The number of carbonyl (C=O) groups excluding carboxylic acids is 1. The van der Waals surface area contributed by atoms with E-state index in [1.807, 2.05) is 0 Å². The van der Waals surface area contributed by atoms with Crippen LogP contribution in [0.5, 0.6) is 11.5 Å². The fourth-order valence-electron chi connectivity index (χ4n) is 2.74. The number of benzene rings is 1. The first-order chi connectivity index (χ1) is 9.49. The number of ketones is 1. The number of phenols is 1. The van der Waals surface area contributed by atoms with Crippen molar-refractivity contribution in [3.05, 3.63) is 23.3 Å². The number of rotatable bonds is 4. The lowest BCUT2D eigenvalue weighted by Gasteiger charge is -2.29. The standard InChI is InChI=1S/C16H23NO3/c1-11-15(7-6-14(12(2)18)16(11)19)20-10-13-5-4-8-17(3)9-13/h6-7,13,19H,4-5,8-10H2,1-3H3. The van der Waals surface area contributed by atoms with Crippen LogP contribution in [-0.2, 0) is 0 Å². The Balaban J connectivity index is 2.03. The molecule has 1 unspecified atom stereocenters. The highest BCUT2D eigenvalue weighted by Crippen LogP contribution is 2.31. The Morgan fingerprint density at radius 1 is 1.50 bits per heavy atom. The number of Topliss-reactive ketones (excluding diaryl/α,β-unsaturated/α-hetero) is 1. The average molecular weight is 277 g/mol. The summed E-state index contributed by atoms with van der Waals surface area (Å²) in [5, 5.41) is 10.0. The molecule has 4 heteroatoms. The normalized spacial score (nSPS) is 19.9. The predicted octanol–water partition coefficient (Wildman–Crippen LogP) is 2.62. The van der Waals surface area contributed by atoms with Crippen molar-refractivity contribution in [2.75, 3.05) is 26.7 Å². The molecule has 0 aromatic heterocycles. The largest absolute Gasteiger partial charge is 0.507 e. The average Bonchev–Trinajstić information content (AvgIpc) is 2.40. The Labute approximate surface area is 120 Å². The number of nitrogens with zero attached hydrogens (tertiary/aromatic N) is 1. The Kier molecular flexibility index (Phi) is 4.65. The zero-order chi connectivity index (χ0) is 14.7. The van der Waals surface area contributed by atoms with Gasteiger partial charge in [-0.2, -0.15) is 0 Å². The number of hydrogen-bond acceptors (Lipinski definition) is 4. The highest BCUT2D eigenvalue weighted by atomic mass is 16.5. The van der Waals surface area contributed by atoms with Crippen molar-refractivity contribution in [1.29, 1.82) is 0 Å². The molecule has 110 valence electrons. The van der Waals surface area contributed by atoms with E-state index in [9.17, 15) is 9.90 Å². The molecule has 0 amide bonds. The summed E-state index contributed by atoms with van der Waals surface area (Å²) in [6.07, 6.45) is 2.39. The zero-order valence-electron chi connectivity index (χ0n) is 12.5. The molecule has 0 aliphatic carbocycles. The Hall–Kier alpha value is -1.55. The van der Waals surface area contributed by atoms with Crippen molar-refractivity contribution in [2.45, 2.75) is 26.7 Å². The first-order valence-corrected chi connectivity index (χ1v) is 7.14. The first-order valence-electron chi connectivity index (χ1n) is 7.14. The smallest absolute Gasteiger partial charge is 0.163 e. The van der Waals surface area contributed by atoms with E-state index >= 15 is 0 Å². The van der Waals surface area contributed by atoms with Gasteiger partial charge in [-0.25, -0.2) is 0 Å². The van der Waals surface area contributed by atoms with Crippen LogP contribution in [0, 0.1) is 12.8 Å². The number of likely N-dealkylation sites (tertiary alicyclic amines) is 1. The van der Waals surface area contributed by atoms with Gasteiger partial charge in [-0.15, -0.1) is 0 Å². The molecule has 1 atom stereocenters. The fourth-order valence-corrected chi connectivity index (χ4v) is 2.74. The molecule has 1 aliphatic rings. The molecule has 4 nitrogen and oxygen atoms in total. The second-order valence-corrected chi connectivity index (χ2v) is 5.72. The molecule has 1 heterocycles. The van der Waals surface area contributed by atoms with Gasteiger partial charge in [-0.05, 0) is 52.4 Å². The Morgan fingerprint density at radius 2 is 2.25 bits per heavy atom. The van der Waals surface area contributed by atoms with E-state index in [4.69, 9.17) is 4.74 Å². The molecule has 1 fully saturated rings. The maximum absolute atomic E-state index is 11.4. The van der Waals surface area contributed by atoms with Crippen LogP contribution in [0.1, 0.15) is 35.7 Å². The lowest BCUT2D eigenvalue weighted by atomic mass is 9.99. The van der Waals surface area contributed by atoms with E-state index in [2.05, 4.69) is 11.9 Å². The van der Waals surface area contributed by atoms with E-state index in [1.165, 1.54) is 19.8 Å². The van der Waals surface area contributed by atoms with Gasteiger partial charge in [0.25, 0.3) is 0 Å². The third-order valence-electron chi connectivity index (χ3n) is 3.96. The van der Waals surface area contributed by atoms with Gasteiger partial charge in [0.05, 0.1) is 12.2 Å². The van der Waals surface area contributed by atoms with E-state index in [0.717, 1.165) is 13.1 Å². The van der Waals surface area contributed by atoms with Crippen LogP contribution >= 0.6 is 0 Å². The van der Waals surface area contributed by atoms with Gasteiger partial charge in [0, 0.05) is 18.0 Å². The topological polar surface area (TPSA) is 49.8 Å². The highest BCUT2D eigenvalue weighted by Gasteiger charge is 2.19. The quantitative estimate of drug-likeness (QED) is 0.860. The number of aromatic hydroxyl groups is 1. The Bertz CT molecular complexity index is 499. The molecular weight excluding hydrogens is 254 g/mol. The van der Waals surface area contributed by atoms with E-state index in [1.54, 1.807) is 19.1 Å². The van der Waals surface area contributed by atoms with Crippen molar-refractivity contribution in [3.8, 4) is 11.5 Å². The number of phenolic OH excluding ortho intramolecular Hbond substituents is 1. The minimum Gasteiger partial charge on any atom is -0.507 e. The van der Waals surface area contributed by atoms with Crippen molar-refractivity contribution < 1.29 is 14.6 Å². The number of piperidine rings is 1. The predicted molar refractivity (Wildman–Crippen MR) is 78.6 cm³/mol. The molecule has 1 aromatic carbocycles. The van der Waals surface area contributed by atoms with Gasteiger partial charge < -0.3 is 14.7 Å². The molecule has 1 N–H and O–H groups in total. The minimum atomic E-state index is -0.133. The van der Waals surface area contributed by atoms with Crippen LogP contribution in [-0.4, -0.2) is 42.5 Å². The molecule has 1 aromatic rings. The van der Waals surface area contributed by atoms with Gasteiger partial charge in [-0.3, -0.25) is 4.79 Å². The van der Waals surface area contributed by atoms with E-state index < -0.39 is 0 Å². The number of ether oxygens (including phenoxy) is 1. The lowest BCUT2D eigenvalue weighted by Crippen LogP contribution is -2.34. The summed E-state index contributed by atoms with van der Waals surface area (Å²) < 4.78 is 5.84. The second-order valence-electron chi connectivity index (χ2n) is 5.72. The molecule has 0 spiro atoms. The summed E-state index contributed by atoms with van der Waals surface area (Å²) in [5.74, 6) is 1.10. The van der Waals surface area contributed by atoms with Gasteiger partial charge in [0.2, 0.25) is 0 Å².